The third kappa shape index (κ3) is 3.95. The molecule has 0 atom stereocenters. The Morgan fingerprint density at radius 2 is 1.58 bits per heavy atom. The summed E-state index contributed by atoms with van der Waals surface area (Å²) < 4.78 is 0. The van der Waals surface area contributed by atoms with Gasteiger partial charge in [0.25, 0.3) is 0 Å². The second-order valence-corrected chi connectivity index (χ2v) is 3.89. The minimum Gasteiger partial charge on any atom is -0.295 e. The second-order valence-electron chi connectivity index (χ2n) is 3.89. The molecule has 0 aliphatic carbocycles. The molecule has 0 saturated heterocycles. The Morgan fingerprint density at radius 1 is 1.00 bits per heavy atom. The molecule has 4 heteroatoms. The zero-order chi connectivity index (χ0) is 14.4. The molecule has 19 heavy (non-hydrogen) atoms. The largest absolute Gasteiger partial charge is 0.295 e. The van der Waals surface area contributed by atoms with Crippen LogP contribution >= 0.6 is 0 Å². The maximum atomic E-state index is 11.3. The summed E-state index contributed by atoms with van der Waals surface area (Å²) in [4.78, 5) is 24.0. The van der Waals surface area contributed by atoms with Gasteiger partial charge in [-0.3, -0.25) is 4.79 Å². The fourth-order valence-electron chi connectivity index (χ4n) is 1.62. The molecule has 0 amide bonds. The summed E-state index contributed by atoms with van der Waals surface area (Å²) in [5.41, 5.74) is 1.50. The Morgan fingerprint density at radius 3 is 2.11 bits per heavy atom. The van der Waals surface area contributed by atoms with E-state index in [-0.39, 0.29) is 5.78 Å². The van der Waals surface area contributed by atoms with Crippen molar-refractivity contribution in [3.8, 4) is 11.4 Å². The number of Topliss-reactive ketones (excluding diaryl/α,β-unsaturated/α-hetero) is 1. The third-order valence-electron chi connectivity index (χ3n) is 2.39. The molecule has 0 N–H and O–H groups in total. The summed E-state index contributed by atoms with van der Waals surface area (Å²) in [6.45, 7) is 9.20. The fourth-order valence-corrected chi connectivity index (χ4v) is 1.62. The summed E-state index contributed by atoms with van der Waals surface area (Å²) >= 11 is 0. The standard InChI is InChI=1S/C13H13N3O.C2H6/c1-8(17)11-5-4-6-12(7-11)13-15-9(2)14-10(3)16-13;1-2/h4-7H,1-3H3;1-2H3. The highest BCUT2D eigenvalue weighted by Gasteiger charge is 2.06. The van der Waals surface area contributed by atoms with Gasteiger partial charge in [-0.15, -0.1) is 0 Å². The highest BCUT2D eigenvalue weighted by atomic mass is 16.1. The highest BCUT2D eigenvalue weighted by Crippen LogP contribution is 2.16. The van der Waals surface area contributed by atoms with E-state index in [1.165, 1.54) is 0 Å². The monoisotopic (exact) mass is 257 g/mol. The van der Waals surface area contributed by atoms with Gasteiger partial charge in [-0.1, -0.05) is 32.0 Å². The lowest BCUT2D eigenvalue weighted by Crippen LogP contribution is -2.00. The molecule has 1 heterocycles. The number of carbonyl (C=O) groups is 1. The summed E-state index contributed by atoms with van der Waals surface area (Å²) in [7, 11) is 0. The van der Waals surface area contributed by atoms with Crippen molar-refractivity contribution in [2.45, 2.75) is 34.6 Å². The van der Waals surface area contributed by atoms with Crippen molar-refractivity contribution in [1.29, 1.82) is 0 Å². The van der Waals surface area contributed by atoms with Crippen LogP contribution in [0, 0.1) is 13.8 Å². The number of aromatic nitrogens is 3. The zero-order valence-electron chi connectivity index (χ0n) is 12.1. The molecule has 0 fully saturated rings. The fraction of sp³-hybridized carbons (Fsp3) is 0.333. The number of carbonyl (C=O) groups excluding carboxylic acids is 1. The van der Waals surface area contributed by atoms with Crippen molar-refractivity contribution in [2.75, 3.05) is 0 Å². The van der Waals surface area contributed by atoms with Gasteiger partial charge in [0.15, 0.2) is 11.6 Å². The minimum atomic E-state index is 0.0364. The second kappa shape index (κ2) is 6.73. The number of nitrogens with zero attached hydrogens (tertiary/aromatic N) is 3. The van der Waals surface area contributed by atoms with Gasteiger partial charge < -0.3 is 0 Å². The van der Waals surface area contributed by atoms with Crippen molar-refractivity contribution < 1.29 is 4.79 Å². The quantitative estimate of drug-likeness (QED) is 0.774. The molecule has 1 aromatic heterocycles. The molecule has 2 rings (SSSR count). The van der Waals surface area contributed by atoms with Gasteiger partial charge >= 0.3 is 0 Å². The van der Waals surface area contributed by atoms with Crippen LogP contribution in [-0.2, 0) is 0 Å². The smallest absolute Gasteiger partial charge is 0.163 e. The van der Waals surface area contributed by atoms with E-state index in [9.17, 15) is 4.79 Å². The van der Waals surface area contributed by atoms with Gasteiger partial charge in [-0.05, 0) is 26.8 Å². The lowest BCUT2D eigenvalue weighted by molar-refractivity contribution is 0.101. The average Bonchev–Trinajstić information content (AvgIpc) is 2.40. The first-order valence-corrected chi connectivity index (χ1v) is 6.37. The normalized spacial score (nSPS) is 9.53. The highest BCUT2D eigenvalue weighted by molar-refractivity contribution is 5.95. The molecule has 0 saturated carbocycles. The molecular weight excluding hydrogens is 238 g/mol. The maximum Gasteiger partial charge on any atom is 0.163 e. The number of rotatable bonds is 2. The van der Waals surface area contributed by atoms with Crippen LogP contribution in [0.15, 0.2) is 24.3 Å². The number of hydrogen-bond donors (Lipinski definition) is 0. The maximum absolute atomic E-state index is 11.3. The van der Waals surface area contributed by atoms with Crippen LogP contribution in [0.1, 0.15) is 42.8 Å². The number of ketones is 1. The van der Waals surface area contributed by atoms with E-state index in [1.54, 1.807) is 19.1 Å². The average molecular weight is 257 g/mol. The Bertz CT molecular complexity index is 559. The van der Waals surface area contributed by atoms with E-state index in [2.05, 4.69) is 15.0 Å². The first-order valence-electron chi connectivity index (χ1n) is 6.37. The molecule has 0 bridgehead atoms. The van der Waals surface area contributed by atoms with Gasteiger partial charge in [0, 0.05) is 11.1 Å². The first kappa shape index (κ1) is 15.0. The van der Waals surface area contributed by atoms with E-state index >= 15 is 0 Å². The Hall–Kier alpha value is -2.10. The van der Waals surface area contributed by atoms with Crippen molar-refractivity contribution in [2.24, 2.45) is 0 Å². The number of aryl methyl sites for hydroxylation is 2. The summed E-state index contributed by atoms with van der Waals surface area (Å²) in [6.07, 6.45) is 0. The predicted octanol–water partition coefficient (Wildman–Crippen LogP) is 3.38. The minimum absolute atomic E-state index is 0.0364. The lowest BCUT2D eigenvalue weighted by atomic mass is 10.1. The van der Waals surface area contributed by atoms with Crippen molar-refractivity contribution in [1.82, 2.24) is 15.0 Å². The third-order valence-corrected chi connectivity index (χ3v) is 2.39. The lowest BCUT2D eigenvalue weighted by Gasteiger charge is -2.03. The van der Waals surface area contributed by atoms with E-state index in [1.807, 2.05) is 39.8 Å². The predicted molar refractivity (Wildman–Crippen MR) is 76.1 cm³/mol. The van der Waals surface area contributed by atoms with E-state index in [4.69, 9.17) is 0 Å². The van der Waals surface area contributed by atoms with E-state index in [0.29, 0.717) is 23.0 Å². The molecule has 0 aliphatic heterocycles. The van der Waals surface area contributed by atoms with Crippen LogP contribution in [0.4, 0.5) is 0 Å². The van der Waals surface area contributed by atoms with Crippen LogP contribution in [-0.4, -0.2) is 20.7 Å². The van der Waals surface area contributed by atoms with Gasteiger partial charge in [0.05, 0.1) is 0 Å². The molecule has 1 aromatic carbocycles. The van der Waals surface area contributed by atoms with Crippen LogP contribution in [0.2, 0.25) is 0 Å². The molecule has 0 unspecified atom stereocenters. The van der Waals surface area contributed by atoms with Gasteiger partial charge in [-0.2, -0.15) is 0 Å². The molecule has 4 nitrogen and oxygen atoms in total. The molecule has 2 aromatic rings. The van der Waals surface area contributed by atoms with Crippen molar-refractivity contribution in [3.05, 3.63) is 41.5 Å². The van der Waals surface area contributed by atoms with Gasteiger partial charge in [0.1, 0.15) is 11.6 Å². The van der Waals surface area contributed by atoms with Crippen molar-refractivity contribution in [3.63, 3.8) is 0 Å². The topological polar surface area (TPSA) is 55.7 Å². The summed E-state index contributed by atoms with van der Waals surface area (Å²) in [5, 5.41) is 0. The molecular formula is C15H19N3O. The summed E-state index contributed by atoms with van der Waals surface area (Å²) in [5.74, 6) is 2.01. The van der Waals surface area contributed by atoms with Gasteiger partial charge in [0.2, 0.25) is 0 Å². The van der Waals surface area contributed by atoms with Crippen LogP contribution in [0.3, 0.4) is 0 Å². The Balaban J connectivity index is 0.000000861. The Kier molecular flexibility index (Phi) is 5.30. The van der Waals surface area contributed by atoms with Crippen LogP contribution < -0.4 is 0 Å². The van der Waals surface area contributed by atoms with Crippen LogP contribution in [0.25, 0.3) is 11.4 Å². The molecule has 0 aliphatic rings. The SMILES string of the molecule is CC.CC(=O)c1cccc(-c2nc(C)nc(C)n2)c1. The van der Waals surface area contributed by atoms with Crippen LogP contribution in [0.5, 0.6) is 0 Å². The zero-order valence-corrected chi connectivity index (χ0v) is 12.1. The van der Waals surface area contributed by atoms with E-state index in [0.717, 1.165) is 5.56 Å². The van der Waals surface area contributed by atoms with Crippen molar-refractivity contribution >= 4 is 5.78 Å². The molecule has 0 spiro atoms. The first-order chi connectivity index (χ1) is 9.06. The van der Waals surface area contributed by atoms with E-state index < -0.39 is 0 Å². The number of benzene rings is 1. The number of hydrogen-bond acceptors (Lipinski definition) is 4. The molecule has 100 valence electrons. The summed E-state index contributed by atoms with van der Waals surface area (Å²) in [6, 6.07) is 7.31. The molecule has 0 radical (unpaired) electrons. The van der Waals surface area contributed by atoms with Gasteiger partial charge in [-0.25, -0.2) is 15.0 Å². The Labute approximate surface area is 114 Å².